The van der Waals surface area contributed by atoms with Gasteiger partial charge >= 0.3 is 0 Å². The van der Waals surface area contributed by atoms with Gasteiger partial charge in [-0.05, 0) is 38.7 Å². The van der Waals surface area contributed by atoms with E-state index in [0.717, 1.165) is 17.8 Å². The summed E-state index contributed by atoms with van der Waals surface area (Å²) in [4.78, 5) is 4.64. The van der Waals surface area contributed by atoms with Crippen LogP contribution >= 0.6 is 0 Å². The molecule has 19 heavy (non-hydrogen) atoms. The molecule has 2 aromatic heterocycles. The predicted octanol–water partition coefficient (Wildman–Crippen LogP) is 4.04. The molecule has 3 heteroatoms. The van der Waals surface area contributed by atoms with E-state index in [1.807, 2.05) is 0 Å². The molecule has 0 aliphatic heterocycles. The predicted molar refractivity (Wildman–Crippen MR) is 77.5 cm³/mol. The van der Waals surface area contributed by atoms with Crippen LogP contribution in [0.1, 0.15) is 68.4 Å². The molecule has 0 spiro atoms. The highest BCUT2D eigenvalue weighted by molar-refractivity contribution is 5.42. The fourth-order valence-electron chi connectivity index (χ4n) is 3.17. The van der Waals surface area contributed by atoms with E-state index >= 15 is 0 Å². The van der Waals surface area contributed by atoms with Crippen molar-refractivity contribution < 1.29 is 0 Å². The summed E-state index contributed by atoms with van der Waals surface area (Å²) < 4.78 is 2.11. The molecule has 0 amide bonds. The second-order valence-electron chi connectivity index (χ2n) is 5.81. The minimum Gasteiger partial charge on any atom is -0.234 e. The van der Waals surface area contributed by atoms with Gasteiger partial charge in [0.25, 0.3) is 0 Å². The van der Waals surface area contributed by atoms with Crippen molar-refractivity contribution in [2.75, 3.05) is 0 Å². The zero-order valence-electron chi connectivity index (χ0n) is 12.0. The fraction of sp³-hybridized carbons (Fsp3) is 0.625. The van der Waals surface area contributed by atoms with Crippen molar-refractivity contribution in [3.05, 3.63) is 29.2 Å². The molecule has 1 fully saturated rings. The number of hydrogen-bond donors (Lipinski definition) is 0. The zero-order valence-corrected chi connectivity index (χ0v) is 12.0. The van der Waals surface area contributed by atoms with Crippen molar-refractivity contribution in [1.29, 1.82) is 0 Å². The summed E-state index contributed by atoms with van der Waals surface area (Å²) in [7, 11) is 0. The molecule has 3 nitrogen and oxygen atoms in total. The molecule has 0 saturated heterocycles. The summed E-state index contributed by atoms with van der Waals surface area (Å²) >= 11 is 0. The molecule has 2 heterocycles. The molecule has 0 N–H and O–H groups in total. The molecule has 0 bridgehead atoms. The molecule has 0 atom stereocenters. The first-order valence-electron chi connectivity index (χ1n) is 7.64. The van der Waals surface area contributed by atoms with Gasteiger partial charge in [-0.1, -0.05) is 26.2 Å². The van der Waals surface area contributed by atoms with Crippen LogP contribution in [0.25, 0.3) is 5.65 Å². The van der Waals surface area contributed by atoms with Gasteiger partial charge in [-0.15, -0.1) is 0 Å². The van der Waals surface area contributed by atoms with Crippen LogP contribution in [0.2, 0.25) is 0 Å². The van der Waals surface area contributed by atoms with Crippen LogP contribution in [-0.2, 0) is 6.42 Å². The lowest BCUT2D eigenvalue weighted by atomic mass is 10.0. The van der Waals surface area contributed by atoms with Crippen LogP contribution in [0.3, 0.4) is 0 Å². The highest BCUT2D eigenvalue weighted by Crippen LogP contribution is 2.34. The van der Waals surface area contributed by atoms with E-state index in [9.17, 15) is 0 Å². The average molecular weight is 257 g/mol. The number of aryl methyl sites for hydroxylation is 2. The van der Waals surface area contributed by atoms with Gasteiger partial charge in [0.15, 0.2) is 5.65 Å². The average Bonchev–Trinajstić information content (AvgIpc) is 3.03. The summed E-state index contributed by atoms with van der Waals surface area (Å²) in [5, 5.41) is 4.79. The van der Waals surface area contributed by atoms with Gasteiger partial charge in [-0.25, -0.2) is 9.50 Å². The first-order chi connectivity index (χ1) is 9.28. The highest BCUT2D eigenvalue weighted by Gasteiger charge is 2.21. The number of hydrogen-bond acceptors (Lipinski definition) is 2. The molecule has 102 valence electrons. The Bertz CT molecular complexity index is 565. The van der Waals surface area contributed by atoms with Gasteiger partial charge in [-0.2, -0.15) is 5.10 Å². The minimum absolute atomic E-state index is 0.683. The Morgan fingerprint density at radius 1 is 1.26 bits per heavy atom. The standard InChI is InChI=1S/C16H23N3/c1-3-4-9-14-11-16-17-12(2)10-15(19(16)18-14)13-7-5-6-8-13/h10-11,13H,3-9H2,1-2H3. The second kappa shape index (κ2) is 5.32. The lowest BCUT2D eigenvalue weighted by Crippen LogP contribution is -2.05. The maximum absolute atomic E-state index is 4.79. The van der Waals surface area contributed by atoms with Gasteiger partial charge in [0.1, 0.15) is 0 Å². The van der Waals surface area contributed by atoms with Gasteiger partial charge in [0, 0.05) is 23.4 Å². The third kappa shape index (κ3) is 2.51. The monoisotopic (exact) mass is 257 g/mol. The maximum atomic E-state index is 4.79. The first kappa shape index (κ1) is 12.6. The van der Waals surface area contributed by atoms with Gasteiger partial charge < -0.3 is 0 Å². The van der Waals surface area contributed by atoms with E-state index in [2.05, 4.69) is 35.5 Å². The number of fused-ring (bicyclic) bond motifs is 1. The maximum Gasteiger partial charge on any atom is 0.155 e. The number of aromatic nitrogens is 3. The van der Waals surface area contributed by atoms with Crippen molar-refractivity contribution >= 4 is 5.65 Å². The Morgan fingerprint density at radius 2 is 2.05 bits per heavy atom. The largest absolute Gasteiger partial charge is 0.234 e. The molecule has 0 unspecified atom stereocenters. The van der Waals surface area contributed by atoms with Crippen LogP contribution in [0.5, 0.6) is 0 Å². The molecule has 1 aliphatic rings. The van der Waals surface area contributed by atoms with Crippen LogP contribution in [0, 0.1) is 6.92 Å². The molecular formula is C16H23N3. The Balaban J connectivity index is 2.01. The van der Waals surface area contributed by atoms with Crippen molar-refractivity contribution in [3.63, 3.8) is 0 Å². The minimum atomic E-state index is 0.683. The first-order valence-corrected chi connectivity index (χ1v) is 7.64. The van der Waals surface area contributed by atoms with Crippen LogP contribution < -0.4 is 0 Å². The van der Waals surface area contributed by atoms with Gasteiger partial charge in [-0.3, -0.25) is 0 Å². The number of rotatable bonds is 4. The number of nitrogens with zero attached hydrogens (tertiary/aromatic N) is 3. The molecular weight excluding hydrogens is 234 g/mol. The smallest absolute Gasteiger partial charge is 0.155 e. The van der Waals surface area contributed by atoms with Crippen molar-refractivity contribution in [3.8, 4) is 0 Å². The van der Waals surface area contributed by atoms with Gasteiger partial charge in [0.2, 0.25) is 0 Å². The Morgan fingerprint density at radius 3 is 2.79 bits per heavy atom. The fourth-order valence-corrected chi connectivity index (χ4v) is 3.17. The van der Waals surface area contributed by atoms with E-state index in [0.29, 0.717) is 5.92 Å². The Hall–Kier alpha value is -1.38. The lowest BCUT2D eigenvalue weighted by Gasteiger charge is -2.12. The van der Waals surface area contributed by atoms with Crippen LogP contribution in [0.4, 0.5) is 0 Å². The second-order valence-corrected chi connectivity index (χ2v) is 5.81. The topological polar surface area (TPSA) is 30.2 Å². The van der Waals surface area contributed by atoms with Crippen LogP contribution in [0.15, 0.2) is 12.1 Å². The Kier molecular flexibility index (Phi) is 3.54. The van der Waals surface area contributed by atoms with Crippen molar-refractivity contribution in [2.45, 2.75) is 64.7 Å². The van der Waals surface area contributed by atoms with E-state index in [4.69, 9.17) is 5.10 Å². The summed E-state index contributed by atoms with van der Waals surface area (Å²) in [5.41, 5.74) is 4.73. The third-order valence-electron chi connectivity index (χ3n) is 4.19. The zero-order chi connectivity index (χ0) is 13.2. The molecule has 3 rings (SSSR count). The molecule has 1 aliphatic carbocycles. The normalized spacial score (nSPS) is 16.5. The quantitative estimate of drug-likeness (QED) is 0.827. The van der Waals surface area contributed by atoms with Crippen LogP contribution in [-0.4, -0.2) is 14.6 Å². The molecule has 1 saturated carbocycles. The SMILES string of the molecule is CCCCc1cc2nc(C)cc(C3CCCC3)n2n1. The van der Waals surface area contributed by atoms with Crippen molar-refractivity contribution in [2.24, 2.45) is 0 Å². The summed E-state index contributed by atoms with van der Waals surface area (Å²) in [6, 6.07) is 4.40. The highest BCUT2D eigenvalue weighted by atomic mass is 15.3. The summed E-state index contributed by atoms with van der Waals surface area (Å²) in [6.45, 7) is 4.32. The van der Waals surface area contributed by atoms with E-state index in [1.54, 1.807) is 0 Å². The van der Waals surface area contributed by atoms with E-state index in [-0.39, 0.29) is 0 Å². The summed E-state index contributed by atoms with van der Waals surface area (Å²) in [6.07, 6.45) is 8.83. The molecule has 0 radical (unpaired) electrons. The van der Waals surface area contributed by atoms with E-state index in [1.165, 1.54) is 49.9 Å². The summed E-state index contributed by atoms with van der Waals surface area (Å²) in [5.74, 6) is 0.683. The molecule has 2 aromatic rings. The third-order valence-corrected chi connectivity index (χ3v) is 4.19. The molecule has 0 aromatic carbocycles. The van der Waals surface area contributed by atoms with Gasteiger partial charge in [0.05, 0.1) is 5.69 Å². The lowest BCUT2D eigenvalue weighted by molar-refractivity contribution is 0.652. The van der Waals surface area contributed by atoms with Crippen molar-refractivity contribution in [1.82, 2.24) is 14.6 Å². The Labute approximate surface area is 115 Å². The number of unbranched alkanes of at least 4 members (excludes halogenated alkanes) is 1. The van der Waals surface area contributed by atoms with E-state index < -0.39 is 0 Å².